The Kier molecular flexibility index (Phi) is 12.6. The largest absolute Gasteiger partial charge is 0.493 e. The molecule has 0 aliphatic carbocycles. The van der Waals surface area contributed by atoms with Gasteiger partial charge in [-0.1, -0.05) is 20.8 Å². The molecule has 11 heteroatoms. The molecule has 5 rings (SSSR count). The number of benzene rings is 3. The number of methoxy groups -OCH3 is 4. The molecule has 1 amide bonds. The summed E-state index contributed by atoms with van der Waals surface area (Å²) < 4.78 is 53.1. The van der Waals surface area contributed by atoms with E-state index < -0.39 is 5.82 Å². The van der Waals surface area contributed by atoms with Crippen molar-refractivity contribution in [2.45, 2.75) is 71.9 Å². The van der Waals surface area contributed by atoms with Crippen LogP contribution in [0.5, 0.6) is 46.0 Å². The molecule has 2 heterocycles. The molecule has 10 nitrogen and oxygen atoms in total. The minimum Gasteiger partial charge on any atom is -0.493 e. The van der Waals surface area contributed by atoms with Crippen LogP contribution in [0.4, 0.5) is 10.1 Å². The van der Waals surface area contributed by atoms with Gasteiger partial charge in [0.15, 0.2) is 34.6 Å². The number of amides is 1. The number of aliphatic imine (C=N–C) groups is 1. The molecule has 1 atom stereocenters. The van der Waals surface area contributed by atoms with Crippen LogP contribution < -0.4 is 33.2 Å². The molecule has 0 N–H and O–H groups in total. The Balaban J connectivity index is 0.000000229. The zero-order chi connectivity index (χ0) is 35.7. The molecule has 49 heavy (non-hydrogen) atoms. The highest BCUT2D eigenvalue weighted by Gasteiger charge is 2.32. The van der Waals surface area contributed by atoms with Crippen molar-refractivity contribution in [2.24, 2.45) is 10.9 Å². The molecule has 266 valence electrons. The summed E-state index contributed by atoms with van der Waals surface area (Å²) in [6, 6.07) is 11.4. The Morgan fingerprint density at radius 1 is 0.898 bits per heavy atom. The van der Waals surface area contributed by atoms with Gasteiger partial charge in [0.25, 0.3) is 5.91 Å². The third-order valence-electron chi connectivity index (χ3n) is 7.98. The van der Waals surface area contributed by atoms with E-state index in [-0.39, 0.29) is 23.3 Å². The predicted octanol–water partition coefficient (Wildman–Crippen LogP) is 8.65. The summed E-state index contributed by atoms with van der Waals surface area (Å²) in [5.41, 5.74) is 0.883. The zero-order valence-corrected chi connectivity index (χ0v) is 30.1. The van der Waals surface area contributed by atoms with Gasteiger partial charge in [-0.05, 0) is 63.6 Å². The predicted molar refractivity (Wildman–Crippen MR) is 188 cm³/mol. The van der Waals surface area contributed by atoms with Crippen molar-refractivity contribution in [1.82, 2.24) is 4.90 Å². The van der Waals surface area contributed by atoms with Crippen LogP contribution in [0, 0.1) is 11.7 Å². The third-order valence-corrected chi connectivity index (χ3v) is 7.98. The highest BCUT2D eigenvalue weighted by Crippen LogP contribution is 2.43. The number of rotatable bonds is 13. The molecule has 2 aliphatic heterocycles. The lowest BCUT2D eigenvalue weighted by Gasteiger charge is -2.28. The van der Waals surface area contributed by atoms with Gasteiger partial charge in [0.1, 0.15) is 17.1 Å². The quantitative estimate of drug-likeness (QED) is 0.177. The van der Waals surface area contributed by atoms with Crippen LogP contribution in [0.1, 0.15) is 70.7 Å². The standard InChI is InChI=1S/C22H29FO5.C16H20N2O3/c1-14(2)13-22(3,4)28-15-8-9-17(23)18(10-15)27-16-11-19(24-5)21(26-7)20(12-16)25-6;1-3-7-21-15-9-13-12(8-14(15)20-2)16(19)18-6-4-5-11(18)10-17-13/h8-12,14H,13H2,1-7H3;8-11H,3-7H2,1-2H3. The van der Waals surface area contributed by atoms with Crippen LogP contribution >= 0.6 is 0 Å². The first-order valence-corrected chi connectivity index (χ1v) is 16.6. The first-order chi connectivity index (χ1) is 23.4. The van der Waals surface area contributed by atoms with E-state index in [0.717, 1.165) is 32.2 Å². The van der Waals surface area contributed by atoms with E-state index in [1.54, 1.807) is 43.5 Å². The molecule has 2 aliphatic rings. The maximum atomic E-state index is 14.3. The molecular formula is C38H49FN2O8. The van der Waals surface area contributed by atoms with Crippen molar-refractivity contribution in [3.8, 4) is 46.0 Å². The van der Waals surface area contributed by atoms with Gasteiger partial charge in [0.2, 0.25) is 5.75 Å². The minimum absolute atomic E-state index is 0.0327. The molecule has 0 radical (unpaired) electrons. The fourth-order valence-electron chi connectivity index (χ4n) is 6.04. The van der Waals surface area contributed by atoms with Crippen molar-refractivity contribution in [3.05, 3.63) is 53.8 Å². The second kappa shape index (κ2) is 16.6. The van der Waals surface area contributed by atoms with Gasteiger partial charge in [0, 0.05) is 37.0 Å². The summed E-state index contributed by atoms with van der Waals surface area (Å²) in [6.45, 7) is 11.7. The molecular weight excluding hydrogens is 631 g/mol. The van der Waals surface area contributed by atoms with Crippen molar-refractivity contribution in [3.63, 3.8) is 0 Å². The molecule has 1 saturated heterocycles. The van der Waals surface area contributed by atoms with Gasteiger partial charge in [-0.25, -0.2) is 4.39 Å². The van der Waals surface area contributed by atoms with Crippen LogP contribution in [0.15, 0.2) is 47.5 Å². The lowest BCUT2D eigenvalue weighted by atomic mass is 9.96. The number of nitrogens with zero attached hydrogens (tertiary/aromatic N) is 2. The number of hydrogen-bond acceptors (Lipinski definition) is 9. The number of carbonyl (C=O) groups is 1. The average Bonchev–Trinajstić information content (AvgIpc) is 3.50. The number of carbonyl (C=O) groups excluding carboxylic acids is 1. The maximum absolute atomic E-state index is 14.3. The van der Waals surface area contributed by atoms with Gasteiger partial charge >= 0.3 is 0 Å². The normalized spacial score (nSPS) is 15.0. The fourth-order valence-corrected chi connectivity index (χ4v) is 6.04. The summed E-state index contributed by atoms with van der Waals surface area (Å²) in [7, 11) is 6.11. The number of halogens is 1. The van der Waals surface area contributed by atoms with Gasteiger partial charge in [-0.3, -0.25) is 9.79 Å². The molecule has 0 spiro atoms. The van der Waals surface area contributed by atoms with Crippen LogP contribution in [0.25, 0.3) is 0 Å². The van der Waals surface area contributed by atoms with Crippen LogP contribution in [-0.2, 0) is 0 Å². The SMILES string of the molecule is CCCOc1cc2c(cc1OC)C(=O)N1CCCC1C=N2.COc1cc(Oc2cc(OC(C)(C)CC(C)C)ccc2F)cc(OC)c1OC. The minimum atomic E-state index is -0.497. The first kappa shape index (κ1) is 37.2. The number of ether oxygens (including phenoxy) is 7. The van der Waals surface area contributed by atoms with Gasteiger partial charge < -0.3 is 38.1 Å². The summed E-state index contributed by atoms with van der Waals surface area (Å²) in [5.74, 6) is 3.46. The second-order valence-corrected chi connectivity index (χ2v) is 12.9. The Morgan fingerprint density at radius 3 is 2.18 bits per heavy atom. The van der Waals surface area contributed by atoms with Crippen molar-refractivity contribution in [1.29, 1.82) is 0 Å². The van der Waals surface area contributed by atoms with E-state index in [1.807, 2.05) is 31.9 Å². The number of fused-ring (bicyclic) bond motifs is 2. The smallest absolute Gasteiger partial charge is 0.256 e. The second-order valence-electron chi connectivity index (χ2n) is 12.9. The summed E-state index contributed by atoms with van der Waals surface area (Å²) in [6.07, 6.45) is 5.69. The Morgan fingerprint density at radius 2 is 1.57 bits per heavy atom. The van der Waals surface area contributed by atoms with E-state index in [0.29, 0.717) is 64.0 Å². The van der Waals surface area contributed by atoms with Gasteiger partial charge in [0.05, 0.1) is 52.3 Å². The lowest BCUT2D eigenvalue weighted by Crippen LogP contribution is -2.35. The highest BCUT2D eigenvalue weighted by molar-refractivity contribution is 6.03. The maximum Gasteiger partial charge on any atom is 0.256 e. The summed E-state index contributed by atoms with van der Waals surface area (Å²) >= 11 is 0. The number of hydrogen-bond donors (Lipinski definition) is 0. The van der Waals surface area contributed by atoms with Gasteiger partial charge in [-0.2, -0.15) is 0 Å². The average molecular weight is 681 g/mol. The fraction of sp³-hybridized carbons (Fsp3) is 0.474. The Bertz CT molecular complexity index is 1600. The molecule has 1 fully saturated rings. The van der Waals surface area contributed by atoms with Crippen LogP contribution in [0.3, 0.4) is 0 Å². The Labute approximate surface area is 289 Å². The van der Waals surface area contributed by atoms with E-state index in [2.05, 4.69) is 18.8 Å². The lowest BCUT2D eigenvalue weighted by molar-refractivity contribution is 0.0774. The highest BCUT2D eigenvalue weighted by atomic mass is 19.1. The van der Waals surface area contributed by atoms with E-state index in [4.69, 9.17) is 33.2 Å². The third kappa shape index (κ3) is 9.28. The molecule has 0 aromatic heterocycles. The topological polar surface area (TPSA) is 97.3 Å². The Hall–Kier alpha value is -4.67. The molecule has 3 aromatic carbocycles. The molecule has 0 bridgehead atoms. The van der Waals surface area contributed by atoms with Crippen molar-refractivity contribution >= 4 is 17.8 Å². The zero-order valence-electron chi connectivity index (χ0n) is 30.1. The first-order valence-electron chi connectivity index (χ1n) is 16.6. The van der Waals surface area contributed by atoms with Crippen LogP contribution in [-0.4, -0.2) is 70.3 Å². The van der Waals surface area contributed by atoms with E-state index >= 15 is 0 Å². The molecule has 3 aromatic rings. The molecule has 0 saturated carbocycles. The molecule has 1 unspecified atom stereocenters. The van der Waals surface area contributed by atoms with Gasteiger partial charge in [-0.15, -0.1) is 0 Å². The van der Waals surface area contributed by atoms with E-state index in [9.17, 15) is 9.18 Å². The van der Waals surface area contributed by atoms with E-state index in [1.165, 1.54) is 27.4 Å². The monoisotopic (exact) mass is 680 g/mol. The van der Waals surface area contributed by atoms with Crippen molar-refractivity contribution in [2.75, 3.05) is 41.6 Å². The van der Waals surface area contributed by atoms with Crippen molar-refractivity contribution < 1.29 is 42.3 Å². The summed E-state index contributed by atoms with van der Waals surface area (Å²) in [4.78, 5) is 19.1. The van der Waals surface area contributed by atoms with Crippen LogP contribution in [0.2, 0.25) is 0 Å². The summed E-state index contributed by atoms with van der Waals surface area (Å²) in [5, 5.41) is 0.